The summed E-state index contributed by atoms with van der Waals surface area (Å²) in [5, 5.41) is 0.916. The average molecular weight is 721 g/mol. The molecule has 0 aliphatic heterocycles. The van der Waals surface area contributed by atoms with Crippen LogP contribution in [-0.2, 0) is 0 Å². The van der Waals surface area contributed by atoms with Crippen LogP contribution in [0.4, 0.5) is 17.1 Å². The van der Waals surface area contributed by atoms with Gasteiger partial charge >= 0.3 is 0 Å². The average Bonchev–Trinajstić information content (AvgIpc) is 3.74. The Morgan fingerprint density at radius 2 is 1.04 bits per heavy atom. The Kier molecular flexibility index (Phi) is 5.04. The van der Waals surface area contributed by atoms with Crippen molar-refractivity contribution in [2.24, 2.45) is 0 Å². The van der Waals surface area contributed by atoms with E-state index in [1.807, 2.05) is 121 Å². The van der Waals surface area contributed by atoms with Crippen LogP contribution in [-0.4, -0.2) is 0 Å². The molecule has 0 N–H and O–H groups in total. The summed E-state index contributed by atoms with van der Waals surface area (Å²) in [6.07, 6.45) is 0. The van der Waals surface area contributed by atoms with Gasteiger partial charge in [-0.3, -0.25) is 0 Å². The zero-order valence-corrected chi connectivity index (χ0v) is 29.2. The Hall–Kier alpha value is -6.74. The standard InChI is InChI=1S/C52H35NS/c1-4-13-37(14-5-1)45-21-12-19-40-23-24-41(33-48(40)45)36-25-27-42(28-26-36)53(44-30-32-52-50(35-44)47-20-10-11-22-51(47)54-52)43-29-31-46(38-15-6-2-7-16-38)49(34-43)39-17-8-3-9-18-39/h1-35H/i1D,4D,5D,12D,13D,14D,19D,21D,23D,24D,25D,26D,27D,28D,33D. The SMILES string of the molecule is [2H]c1c([2H])c([2H])c(-c2c([2H])c([2H])c([2H])c3c([2H])c([2H])c(-c4c([2H])c([2H])c(N(c5ccc(-c6ccccc6)c(-c6ccccc6)c5)c5ccc6sc7ccccc7c6c5)c([2H])c4[2H])c([2H])c23)c([2H])c1[2H]. The van der Waals surface area contributed by atoms with E-state index in [4.69, 9.17) is 11.0 Å². The van der Waals surface area contributed by atoms with Crippen molar-refractivity contribution in [3.05, 3.63) is 212 Å². The summed E-state index contributed by atoms with van der Waals surface area (Å²) in [6, 6.07) is 28.1. The number of thiophene rings is 1. The quantitative estimate of drug-likeness (QED) is 0.158. The molecule has 254 valence electrons. The third-order valence-corrected chi connectivity index (χ3v) is 10.5. The Morgan fingerprint density at radius 1 is 0.370 bits per heavy atom. The van der Waals surface area contributed by atoms with Gasteiger partial charge in [0.25, 0.3) is 0 Å². The maximum Gasteiger partial charge on any atom is 0.0645 e. The van der Waals surface area contributed by atoms with Gasteiger partial charge in [0.1, 0.15) is 0 Å². The van der Waals surface area contributed by atoms with Crippen molar-refractivity contribution >= 4 is 59.3 Å². The third-order valence-electron chi connectivity index (χ3n) is 9.32. The minimum atomic E-state index is -0.781. The van der Waals surface area contributed by atoms with Crippen molar-refractivity contribution in [2.45, 2.75) is 0 Å². The van der Waals surface area contributed by atoms with Crippen LogP contribution in [0, 0.1) is 0 Å². The number of benzene rings is 9. The molecule has 1 aromatic heterocycles. The summed E-state index contributed by atoms with van der Waals surface area (Å²) in [5.41, 5.74) is 2.16. The highest BCUT2D eigenvalue weighted by Crippen LogP contribution is 2.44. The molecular weight excluding hydrogens is 671 g/mol. The third kappa shape index (κ3) is 5.84. The van der Waals surface area contributed by atoms with Crippen molar-refractivity contribution < 1.29 is 20.6 Å². The topological polar surface area (TPSA) is 3.24 Å². The molecule has 0 bridgehead atoms. The number of anilines is 3. The highest BCUT2D eigenvalue weighted by atomic mass is 32.1. The molecule has 2 heteroatoms. The van der Waals surface area contributed by atoms with Crippen molar-refractivity contribution in [1.82, 2.24) is 0 Å². The van der Waals surface area contributed by atoms with Gasteiger partial charge in [0, 0.05) is 37.2 Å². The first kappa shape index (κ1) is 19.9. The summed E-state index contributed by atoms with van der Waals surface area (Å²) in [7, 11) is 0. The lowest BCUT2D eigenvalue weighted by Crippen LogP contribution is -2.10. The van der Waals surface area contributed by atoms with E-state index in [9.17, 15) is 9.60 Å². The molecule has 0 radical (unpaired) electrons. The molecule has 10 rings (SSSR count). The molecule has 54 heavy (non-hydrogen) atoms. The zero-order valence-electron chi connectivity index (χ0n) is 43.4. The number of fused-ring (bicyclic) bond motifs is 4. The fourth-order valence-electron chi connectivity index (χ4n) is 6.79. The molecule has 1 nitrogen and oxygen atoms in total. The van der Waals surface area contributed by atoms with Crippen molar-refractivity contribution in [3.8, 4) is 44.5 Å². The second kappa shape index (κ2) is 13.7. The second-order valence-electron chi connectivity index (χ2n) is 12.5. The van der Waals surface area contributed by atoms with E-state index in [-0.39, 0.29) is 5.69 Å². The molecule has 1 heterocycles. The fourth-order valence-corrected chi connectivity index (χ4v) is 7.88. The van der Waals surface area contributed by atoms with Crippen LogP contribution in [0.2, 0.25) is 0 Å². The maximum absolute atomic E-state index is 9.77. The minimum Gasteiger partial charge on any atom is -0.310 e. The van der Waals surface area contributed by atoms with E-state index >= 15 is 0 Å². The molecular formula is C52H35NS. The van der Waals surface area contributed by atoms with Crippen LogP contribution in [0.5, 0.6) is 0 Å². The van der Waals surface area contributed by atoms with Gasteiger partial charge in [0.05, 0.1) is 20.6 Å². The molecule has 0 amide bonds. The maximum atomic E-state index is 9.77. The summed E-state index contributed by atoms with van der Waals surface area (Å²) in [5.74, 6) is 0. The first-order valence-corrected chi connectivity index (χ1v) is 18.0. The molecule has 0 saturated heterocycles. The zero-order chi connectivity index (χ0) is 48.9. The van der Waals surface area contributed by atoms with Crippen LogP contribution in [0.25, 0.3) is 75.5 Å². The largest absolute Gasteiger partial charge is 0.310 e. The van der Waals surface area contributed by atoms with Gasteiger partial charge in [0.2, 0.25) is 0 Å². The van der Waals surface area contributed by atoms with Gasteiger partial charge in [-0.05, 0) is 110 Å². The van der Waals surface area contributed by atoms with Crippen LogP contribution in [0.3, 0.4) is 0 Å². The van der Waals surface area contributed by atoms with E-state index in [0.29, 0.717) is 11.4 Å². The Morgan fingerprint density at radius 3 is 1.83 bits per heavy atom. The van der Waals surface area contributed by atoms with Gasteiger partial charge in [0.15, 0.2) is 0 Å². The summed E-state index contributed by atoms with van der Waals surface area (Å²) < 4.78 is 138. The van der Waals surface area contributed by atoms with Crippen molar-refractivity contribution in [2.75, 3.05) is 4.90 Å². The molecule has 0 aliphatic carbocycles. The number of nitrogens with zero attached hydrogens (tertiary/aromatic N) is 1. The Bertz CT molecular complexity index is 3740. The van der Waals surface area contributed by atoms with Crippen LogP contribution < -0.4 is 4.90 Å². The van der Waals surface area contributed by atoms with Crippen LogP contribution in [0.1, 0.15) is 20.6 Å². The molecule has 0 aliphatic rings. The molecule has 10 aromatic rings. The van der Waals surface area contributed by atoms with Gasteiger partial charge < -0.3 is 4.90 Å². The van der Waals surface area contributed by atoms with E-state index in [0.717, 1.165) is 42.4 Å². The van der Waals surface area contributed by atoms with E-state index in [1.54, 1.807) is 16.2 Å². The molecule has 9 aromatic carbocycles. The van der Waals surface area contributed by atoms with E-state index in [2.05, 4.69) is 0 Å². The van der Waals surface area contributed by atoms with Crippen molar-refractivity contribution in [1.29, 1.82) is 0 Å². The summed E-state index contributed by atoms with van der Waals surface area (Å²) in [6.45, 7) is 0. The summed E-state index contributed by atoms with van der Waals surface area (Å²) in [4.78, 5) is 1.65. The number of hydrogen-bond acceptors (Lipinski definition) is 2. The van der Waals surface area contributed by atoms with Crippen LogP contribution in [0.15, 0.2) is 212 Å². The molecule has 0 unspecified atom stereocenters. The number of rotatable bonds is 7. The Balaban J connectivity index is 1.28. The smallest absolute Gasteiger partial charge is 0.0645 e. The van der Waals surface area contributed by atoms with Crippen molar-refractivity contribution in [3.63, 3.8) is 0 Å². The minimum absolute atomic E-state index is 0.162. The Labute approximate surface area is 340 Å². The predicted octanol–water partition coefficient (Wildman–Crippen LogP) is 15.3. The summed E-state index contributed by atoms with van der Waals surface area (Å²) >= 11 is 1.61. The molecule has 0 spiro atoms. The monoisotopic (exact) mass is 720 g/mol. The predicted molar refractivity (Wildman–Crippen MR) is 233 cm³/mol. The molecule has 0 saturated carbocycles. The van der Waals surface area contributed by atoms with Gasteiger partial charge in [-0.2, -0.15) is 0 Å². The first-order chi connectivity index (χ1) is 33.0. The normalized spacial score (nSPS) is 15.2. The second-order valence-corrected chi connectivity index (χ2v) is 13.6. The first-order valence-electron chi connectivity index (χ1n) is 24.7. The number of hydrogen-bond donors (Lipinski definition) is 0. The van der Waals surface area contributed by atoms with Gasteiger partial charge in [-0.1, -0.05) is 157 Å². The lowest BCUT2D eigenvalue weighted by molar-refractivity contribution is 1.29. The van der Waals surface area contributed by atoms with E-state index in [1.165, 1.54) is 0 Å². The highest BCUT2D eigenvalue weighted by molar-refractivity contribution is 7.25. The van der Waals surface area contributed by atoms with Gasteiger partial charge in [-0.25, -0.2) is 0 Å². The van der Waals surface area contributed by atoms with Gasteiger partial charge in [-0.15, -0.1) is 11.3 Å². The molecule has 0 fully saturated rings. The molecule has 0 atom stereocenters. The highest BCUT2D eigenvalue weighted by Gasteiger charge is 2.18. The fraction of sp³-hybridized carbons (Fsp3) is 0. The lowest BCUT2D eigenvalue weighted by atomic mass is 9.93. The lowest BCUT2D eigenvalue weighted by Gasteiger charge is -2.27. The van der Waals surface area contributed by atoms with Crippen LogP contribution >= 0.6 is 11.3 Å². The van der Waals surface area contributed by atoms with E-state index < -0.39 is 124 Å².